The fraction of sp³-hybridized carbons (Fsp3) is 0.500. The lowest BCUT2D eigenvalue weighted by atomic mass is 9.95. The molecule has 0 heterocycles. The molecule has 1 aromatic rings. The first-order valence-electron chi connectivity index (χ1n) is 7.44. The molecule has 0 radical (unpaired) electrons. The molecule has 1 fully saturated rings. The minimum Gasteiger partial charge on any atom is -0.480 e. The first-order valence-corrected chi connectivity index (χ1v) is 7.44. The molecule has 114 valence electrons. The quantitative estimate of drug-likeness (QED) is 0.870. The monoisotopic (exact) mass is 290 g/mol. The van der Waals surface area contributed by atoms with Gasteiger partial charge in [-0.3, -0.25) is 9.59 Å². The van der Waals surface area contributed by atoms with Crippen molar-refractivity contribution in [1.82, 2.24) is 5.32 Å². The number of hydrogen-bond donors (Lipinski definition) is 2. The minimum atomic E-state index is -0.660. The van der Waals surface area contributed by atoms with Crippen LogP contribution < -0.4 is 15.8 Å². The van der Waals surface area contributed by atoms with Crippen LogP contribution in [-0.2, 0) is 4.79 Å². The van der Waals surface area contributed by atoms with Gasteiger partial charge in [-0.15, -0.1) is 0 Å². The van der Waals surface area contributed by atoms with Crippen LogP contribution in [0.15, 0.2) is 24.3 Å². The first-order chi connectivity index (χ1) is 10.1. The summed E-state index contributed by atoms with van der Waals surface area (Å²) in [5.74, 6) is -0.372. The summed E-state index contributed by atoms with van der Waals surface area (Å²) in [5.41, 5.74) is 5.58. The second kappa shape index (κ2) is 7.11. The van der Waals surface area contributed by atoms with Gasteiger partial charge in [0.2, 0.25) is 0 Å². The van der Waals surface area contributed by atoms with Gasteiger partial charge in [-0.25, -0.2) is 0 Å². The molecule has 1 atom stereocenters. The maximum atomic E-state index is 12.1. The predicted molar refractivity (Wildman–Crippen MR) is 80.1 cm³/mol. The van der Waals surface area contributed by atoms with Gasteiger partial charge in [0, 0.05) is 6.04 Å². The van der Waals surface area contributed by atoms with Crippen molar-refractivity contribution < 1.29 is 14.3 Å². The van der Waals surface area contributed by atoms with Crippen molar-refractivity contribution >= 4 is 11.8 Å². The van der Waals surface area contributed by atoms with Gasteiger partial charge in [0.25, 0.3) is 11.8 Å². The van der Waals surface area contributed by atoms with Crippen LogP contribution in [0, 0.1) is 0 Å². The maximum Gasteiger partial charge on any atom is 0.260 e. The highest BCUT2D eigenvalue weighted by molar-refractivity contribution is 5.95. The maximum absolute atomic E-state index is 12.1. The highest BCUT2D eigenvalue weighted by Gasteiger charge is 2.21. The van der Waals surface area contributed by atoms with Crippen LogP contribution in [0.25, 0.3) is 0 Å². The molecule has 0 spiro atoms. The number of ether oxygens (including phenoxy) is 1. The Bertz CT molecular complexity index is 510. The van der Waals surface area contributed by atoms with Gasteiger partial charge in [0.05, 0.1) is 5.56 Å². The Labute approximate surface area is 124 Å². The van der Waals surface area contributed by atoms with Gasteiger partial charge in [0.1, 0.15) is 5.75 Å². The second-order valence-corrected chi connectivity index (χ2v) is 5.46. The van der Waals surface area contributed by atoms with E-state index in [9.17, 15) is 9.59 Å². The molecule has 0 aromatic heterocycles. The van der Waals surface area contributed by atoms with Crippen molar-refractivity contribution in [3.8, 4) is 5.75 Å². The van der Waals surface area contributed by atoms with Crippen molar-refractivity contribution in [2.75, 3.05) is 0 Å². The van der Waals surface area contributed by atoms with E-state index in [-0.39, 0.29) is 17.5 Å². The molecule has 5 heteroatoms. The highest BCUT2D eigenvalue weighted by Crippen LogP contribution is 2.20. The number of rotatable bonds is 5. The molecule has 3 N–H and O–H groups in total. The van der Waals surface area contributed by atoms with Gasteiger partial charge in [-0.1, -0.05) is 31.4 Å². The Morgan fingerprint density at radius 1 is 1.24 bits per heavy atom. The zero-order valence-corrected chi connectivity index (χ0v) is 12.3. The Morgan fingerprint density at radius 3 is 2.57 bits per heavy atom. The van der Waals surface area contributed by atoms with Gasteiger partial charge >= 0.3 is 0 Å². The molecule has 1 aromatic carbocycles. The van der Waals surface area contributed by atoms with Crippen LogP contribution in [0.5, 0.6) is 5.75 Å². The summed E-state index contributed by atoms with van der Waals surface area (Å²) in [5, 5.41) is 3.01. The average molecular weight is 290 g/mol. The van der Waals surface area contributed by atoms with E-state index in [1.807, 2.05) is 0 Å². The molecule has 1 aliphatic carbocycles. The third-order valence-electron chi connectivity index (χ3n) is 3.78. The van der Waals surface area contributed by atoms with Crippen LogP contribution in [0.2, 0.25) is 0 Å². The third-order valence-corrected chi connectivity index (χ3v) is 3.78. The number of primary amides is 1. The van der Waals surface area contributed by atoms with Crippen molar-refractivity contribution in [3.63, 3.8) is 0 Å². The van der Waals surface area contributed by atoms with E-state index in [1.165, 1.54) is 6.42 Å². The van der Waals surface area contributed by atoms with E-state index in [2.05, 4.69) is 5.32 Å². The topological polar surface area (TPSA) is 81.4 Å². The normalized spacial score (nSPS) is 17.0. The molecule has 5 nitrogen and oxygen atoms in total. The molecule has 0 bridgehead atoms. The lowest BCUT2D eigenvalue weighted by Gasteiger charge is -2.25. The van der Waals surface area contributed by atoms with E-state index in [4.69, 9.17) is 10.5 Å². The third kappa shape index (κ3) is 4.21. The number of amides is 2. The minimum absolute atomic E-state index is 0.152. The highest BCUT2D eigenvalue weighted by atomic mass is 16.5. The summed E-state index contributed by atoms with van der Waals surface area (Å²) < 4.78 is 5.60. The standard InChI is InChI=1S/C16H22N2O3/c1-11(16(20)18-12-7-3-2-4-8-12)21-14-10-6-5-9-13(14)15(17)19/h5-6,9-12H,2-4,7-8H2,1H3,(H2,17,19)(H,18,20). The van der Waals surface area contributed by atoms with Gasteiger partial charge in [-0.05, 0) is 31.9 Å². The summed E-state index contributed by atoms with van der Waals surface area (Å²) in [6.45, 7) is 1.68. The Morgan fingerprint density at radius 2 is 1.90 bits per heavy atom. The number of benzene rings is 1. The number of carbonyl (C=O) groups is 2. The van der Waals surface area contributed by atoms with Crippen LogP contribution in [-0.4, -0.2) is 24.0 Å². The molecule has 0 saturated heterocycles. The van der Waals surface area contributed by atoms with Crippen LogP contribution in [0.3, 0.4) is 0 Å². The smallest absolute Gasteiger partial charge is 0.260 e. The number of hydrogen-bond acceptors (Lipinski definition) is 3. The first kappa shape index (κ1) is 15.4. The Hall–Kier alpha value is -2.04. The van der Waals surface area contributed by atoms with Gasteiger partial charge in [-0.2, -0.15) is 0 Å². The zero-order chi connectivity index (χ0) is 15.2. The lowest BCUT2D eigenvalue weighted by Crippen LogP contribution is -2.43. The molecular weight excluding hydrogens is 268 g/mol. The Balaban J connectivity index is 1.95. The van der Waals surface area contributed by atoms with Crippen molar-refractivity contribution in [2.45, 2.75) is 51.2 Å². The number of nitrogens with one attached hydrogen (secondary N) is 1. The van der Waals surface area contributed by atoms with Gasteiger partial charge in [0.15, 0.2) is 6.10 Å². The molecule has 1 aliphatic rings. The number of para-hydroxylation sites is 1. The van der Waals surface area contributed by atoms with Crippen molar-refractivity contribution in [3.05, 3.63) is 29.8 Å². The molecule has 0 aliphatic heterocycles. The summed E-state index contributed by atoms with van der Waals surface area (Å²) in [4.78, 5) is 23.5. The molecule has 21 heavy (non-hydrogen) atoms. The van der Waals surface area contributed by atoms with Crippen molar-refractivity contribution in [2.24, 2.45) is 5.73 Å². The van der Waals surface area contributed by atoms with Crippen LogP contribution >= 0.6 is 0 Å². The average Bonchev–Trinajstić information content (AvgIpc) is 2.48. The zero-order valence-electron chi connectivity index (χ0n) is 12.3. The van der Waals surface area contributed by atoms with Crippen LogP contribution in [0.1, 0.15) is 49.4 Å². The summed E-state index contributed by atoms with van der Waals surface area (Å²) in [6.07, 6.45) is 4.94. The molecule has 2 rings (SSSR count). The predicted octanol–water partition coefficient (Wildman–Crippen LogP) is 2.00. The largest absolute Gasteiger partial charge is 0.480 e. The van der Waals surface area contributed by atoms with E-state index in [0.29, 0.717) is 5.75 Å². The molecule has 1 saturated carbocycles. The van der Waals surface area contributed by atoms with E-state index >= 15 is 0 Å². The summed E-state index contributed by atoms with van der Waals surface area (Å²) in [7, 11) is 0. The molecule has 2 amide bonds. The van der Waals surface area contributed by atoms with Crippen LogP contribution in [0.4, 0.5) is 0 Å². The fourth-order valence-corrected chi connectivity index (χ4v) is 2.58. The summed E-state index contributed by atoms with van der Waals surface area (Å²) in [6, 6.07) is 6.92. The van der Waals surface area contributed by atoms with E-state index in [1.54, 1.807) is 31.2 Å². The Kier molecular flexibility index (Phi) is 5.20. The second-order valence-electron chi connectivity index (χ2n) is 5.46. The van der Waals surface area contributed by atoms with Gasteiger partial charge < -0.3 is 15.8 Å². The van der Waals surface area contributed by atoms with E-state index < -0.39 is 12.0 Å². The molecular formula is C16H22N2O3. The SMILES string of the molecule is CC(Oc1ccccc1C(N)=O)C(=O)NC1CCCCC1. The lowest BCUT2D eigenvalue weighted by molar-refractivity contribution is -0.128. The fourth-order valence-electron chi connectivity index (χ4n) is 2.58. The molecule has 1 unspecified atom stereocenters. The summed E-state index contributed by atoms with van der Waals surface area (Å²) >= 11 is 0. The number of nitrogens with two attached hydrogens (primary N) is 1. The number of carbonyl (C=O) groups excluding carboxylic acids is 2. The van der Waals surface area contributed by atoms with E-state index in [0.717, 1.165) is 25.7 Å². The van der Waals surface area contributed by atoms with Crippen molar-refractivity contribution in [1.29, 1.82) is 0 Å².